The number of nitrogens with zero attached hydrogens (tertiary/aromatic N) is 2. The Hall–Kier alpha value is -1.33. The van der Waals surface area contributed by atoms with Crippen LogP contribution in [0.5, 0.6) is 0 Å². The minimum Gasteiger partial charge on any atom is -0.383 e. The Bertz CT molecular complexity index is 984. The normalized spacial score (nSPS) is 24.8. The van der Waals surface area contributed by atoms with E-state index in [2.05, 4.69) is 39.3 Å². The molecule has 1 aliphatic heterocycles. The summed E-state index contributed by atoms with van der Waals surface area (Å²) in [5.74, 6) is 13.9. The van der Waals surface area contributed by atoms with Crippen LogP contribution in [-0.2, 0) is 45.5 Å². The Morgan fingerprint density at radius 2 is 1.77 bits per heavy atom. The van der Waals surface area contributed by atoms with Crippen molar-refractivity contribution in [1.82, 2.24) is 9.55 Å². The molecule has 2 heterocycles. The minimum atomic E-state index is -5.27. The zero-order valence-corrected chi connectivity index (χ0v) is 17.3. The van der Waals surface area contributed by atoms with Gasteiger partial charge in [0, 0.05) is 6.20 Å². The molecule has 1 aliphatic rings. The molecule has 9 N–H and O–H groups in total. The van der Waals surface area contributed by atoms with Crippen LogP contribution in [0.3, 0.4) is 0 Å². The summed E-state index contributed by atoms with van der Waals surface area (Å²) in [6, 6.07) is 1.36. The van der Waals surface area contributed by atoms with Crippen molar-refractivity contribution >= 4 is 29.3 Å². The van der Waals surface area contributed by atoms with Gasteiger partial charge in [-0.3, -0.25) is 9.09 Å². The van der Waals surface area contributed by atoms with E-state index < -0.39 is 48.1 Å². The molecule has 0 saturated carbocycles. The number of anilines is 1. The molecule has 0 aliphatic carbocycles. The maximum absolute atomic E-state index is 12.3. The van der Waals surface area contributed by atoms with Crippen LogP contribution in [0.15, 0.2) is 29.2 Å². The van der Waals surface area contributed by atoms with Gasteiger partial charge < -0.3 is 15.4 Å². The first-order valence-corrected chi connectivity index (χ1v) is 11.8. The van der Waals surface area contributed by atoms with Gasteiger partial charge >= 0.3 is 29.2 Å². The van der Waals surface area contributed by atoms with Gasteiger partial charge in [0.05, 0.1) is 6.61 Å². The summed E-state index contributed by atoms with van der Waals surface area (Å²) in [7, 11) is -15.4. The molecule has 5 atom stereocenters. The van der Waals surface area contributed by atoms with Crippen molar-refractivity contribution in [3.63, 3.8) is 0 Å². The van der Waals surface area contributed by atoms with E-state index in [1.165, 1.54) is 24.4 Å². The van der Waals surface area contributed by atoms with Crippen LogP contribution >= 0.6 is 23.5 Å². The molecule has 18 nitrogen and oxygen atoms in total. The predicted molar refractivity (Wildman–Crippen MR) is 94.9 cm³/mol. The smallest absolute Gasteiger partial charge is 0.383 e. The fourth-order valence-corrected chi connectivity index (χ4v) is 5.49. The number of hydrogen-bond acceptors (Lipinski definition) is 16. The number of nitrogens with two attached hydrogens (primary N) is 4. The van der Waals surface area contributed by atoms with Crippen molar-refractivity contribution in [1.29, 1.82) is 0 Å². The maximum Gasteiger partial charge on any atom is 0.509 e. The lowest BCUT2D eigenvalue weighted by Crippen LogP contribution is -2.28. The van der Waals surface area contributed by atoms with E-state index in [1.807, 2.05) is 0 Å². The monoisotopic (exact) mass is 494 g/mol. The molecule has 0 aromatic carbocycles. The highest BCUT2D eigenvalue weighted by Gasteiger charge is 2.46. The van der Waals surface area contributed by atoms with E-state index in [-0.39, 0.29) is 5.82 Å². The highest BCUT2D eigenvalue weighted by atomic mass is 31.3. The molecule has 0 saturated heterocycles. The van der Waals surface area contributed by atoms with Crippen molar-refractivity contribution < 1.29 is 50.3 Å². The van der Waals surface area contributed by atoms with Crippen LogP contribution in [-0.4, -0.2) is 27.2 Å². The van der Waals surface area contributed by atoms with Crippen molar-refractivity contribution in [3.05, 3.63) is 34.9 Å². The van der Waals surface area contributed by atoms with Gasteiger partial charge in [0.2, 0.25) is 0 Å². The number of nitrogen functional groups attached to an aromatic ring is 1. The molecule has 0 fully saturated rings. The average molecular weight is 494 g/mol. The zero-order valence-electron chi connectivity index (χ0n) is 14.7. The fraction of sp³-hybridized carbons (Fsp3) is 0.333. The van der Waals surface area contributed by atoms with Gasteiger partial charge in [-0.2, -0.15) is 13.6 Å². The SMILES string of the molecule is NOP(=O)(O)OP(=O)(ON)OP(=O)(ON)OC[C@@H]1C=C[C@H](n2ccc(N)nc2=O)O1. The van der Waals surface area contributed by atoms with Crippen LogP contribution in [0, 0.1) is 0 Å². The Balaban J connectivity index is 2.01. The lowest BCUT2D eigenvalue weighted by Gasteiger charge is -2.22. The van der Waals surface area contributed by atoms with E-state index in [9.17, 15) is 18.5 Å². The van der Waals surface area contributed by atoms with E-state index in [0.717, 1.165) is 4.57 Å². The highest BCUT2D eigenvalue weighted by Crippen LogP contribution is 2.70. The lowest BCUT2D eigenvalue weighted by atomic mass is 10.4. The highest BCUT2D eigenvalue weighted by molar-refractivity contribution is 7.67. The van der Waals surface area contributed by atoms with Crippen LogP contribution in [0.25, 0.3) is 0 Å². The molecule has 21 heteroatoms. The van der Waals surface area contributed by atoms with Gasteiger partial charge in [-0.1, -0.05) is 6.08 Å². The first kappa shape index (κ1) is 24.9. The summed E-state index contributed by atoms with van der Waals surface area (Å²) in [6.45, 7) is -0.590. The van der Waals surface area contributed by atoms with E-state index in [4.69, 9.17) is 25.8 Å². The zero-order chi connectivity index (χ0) is 22.6. The second-order valence-corrected chi connectivity index (χ2v) is 10.1. The third-order valence-corrected chi connectivity index (χ3v) is 7.60. The van der Waals surface area contributed by atoms with Gasteiger partial charge in [-0.15, -0.1) is 0 Å². The molecular formula is C9H17N6O12P3. The standard InChI is InChI=1S/C9H17N6O12P3/c10-7-3-4-15(9(16)14-7)8-2-1-6(22-8)5-21-29(19,24-12)27-30(20,25-13)26-28(17,18)23-11/h1-4,6,8H,5,11-13H2,(H,17,18)(H2,10,14,16)/t6-,8+,29?,30?/m0/s1. The Morgan fingerprint density at radius 3 is 2.33 bits per heavy atom. The van der Waals surface area contributed by atoms with Gasteiger partial charge in [-0.05, 0) is 12.1 Å². The molecule has 170 valence electrons. The molecule has 2 rings (SSSR count). The van der Waals surface area contributed by atoms with Crippen molar-refractivity contribution in [3.8, 4) is 0 Å². The number of rotatable bonds is 11. The average Bonchev–Trinajstić information content (AvgIpc) is 3.15. The third-order valence-electron chi connectivity index (χ3n) is 3.12. The summed E-state index contributed by atoms with van der Waals surface area (Å²) in [5.41, 5.74) is 4.70. The van der Waals surface area contributed by atoms with Crippen LogP contribution < -0.4 is 29.1 Å². The largest absolute Gasteiger partial charge is 0.509 e. The van der Waals surface area contributed by atoms with Crippen LogP contribution in [0.4, 0.5) is 5.82 Å². The minimum absolute atomic E-state index is 0.0116. The number of ether oxygens (including phenoxy) is 1. The number of aromatic nitrogens is 2. The Kier molecular flexibility index (Phi) is 8.20. The molecule has 0 radical (unpaired) electrons. The fourth-order valence-electron chi connectivity index (χ4n) is 1.92. The molecular weight excluding hydrogens is 477 g/mol. The lowest BCUT2D eigenvalue weighted by molar-refractivity contribution is -0.0126. The van der Waals surface area contributed by atoms with Crippen molar-refractivity contribution in [2.45, 2.75) is 12.3 Å². The van der Waals surface area contributed by atoms with Gasteiger partial charge in [0.25, 0.3) is 0 Å². The predicted octanol–water partition coefficient (Wildman–Crippen LogP) is -0.684. The van der Waals surface area contributed by atoms with Gasteiger partial charge in [-0.25, -0.2) is 50.1 Å². The topological polar surface area (TPSA) is 275 Å². The molecule has 30 heavy (non-hydrogen) atoms. The quantitative estimate of drug-likeness (QED) is 0.145. The molecule has 1 aromatic rings. The van der Waals surface area contributed by atoms with E-state index in [1.54, 1.807) is 0 Å². The van der Waals surface area contributed by atoms with E-state index >= 15 is 0 Å². The number of hydrogen-bond donors (Lipinski definition) is 5. The number of phosphoric acid groups is 3. The molecule has 3 unspecified atom stereocenters. The Labute approximate surface area is 167 Å². The van der Waals surface area contributed by atoms with Gasteiger partial charge in [0.1, 0.15) is 11.9 Å². The molecule has 1 aromatic heterocycles. The summed E-state index contributed by atoms with van der Waals surface area (Å²) in [4.78, 5) is 24.4. The summed E-state index contributed by atoms with van der Waals surface area (Å²) in [5, 5.41) is 0. The van der Waals surface area contributed by atoms with Crippen LogP contribution in [0.2, 0.25) is 0 Å². The van der Waals surface area contributed by atoms with E-state index in [0.29, 0.717) is 0 Å². The van der Waals surface area contributed by atoms with Crippen molar-refractivity contribution in [2.24, 2.45) is 17.7 Å². The first-order chi connectivity index (χ1) is 13.9. The first-order valence-electron chi connectivity index (χ1n) is 7.39. The summed E-state index contributed by atoms with van der Waals surface area (Å²) < 4.78 is 66.6. The summed E-state index contributed by atoms with van der Waals surface area (Å²) >= 11 is 0. The molecule has 0 spiro atoms. The second kappa shape index (κ2) is 9.86. The van der Waals surface area contributed by atoms with Crippen molar-refractivity contribution in [2.75, 3.05) is 12.3 Å². The third kappa shape index (κ3) is 6.58. The molecule has 0 bridgehead atoms. The second-order valence-electron chi connectivity index (χ2n) is 5.13. The molecule has 0 amide bonds. The summed E-state index contributed by atoms with van der Waals surface area (Å²) in [6.07, 6.45) is 2.36. The van der Waals surface area contributed by atoms with Gasteiger partial charge in [0.15, 0.2) is 6.23 Å². The maximum atomic E-state index is 12.3. The Morgan fingerprint density at radius 1 is 1.10 bits per heavy atom. The van der Waals surface area contributed by atoms with Crippen LogP contribution in [0.1, 0.15) is 6.23 Å².